The highest BCUT2D eigenvalue weighted by molar-refractivity contribution is 7.47. The van der Waals surface area contributed by atoms with Crippen molar-refractivity contribution in [2.24, 2.45) is 5.73 Å². The number of ether oxygens (including phenoxy) is 2. The lowest BCUT2D eigenvalue weighted by molar-refractivity contribution is -0.161. The molecule has 376 valence electrons. The van der Waals surface area contributed by atoms with E-state index in [0.717, 1.165) is 83.5 Å². The summed E-state index contributed by atoms with van der Waals surface area (Å²) in [4.78, 5) is 35.0. The van der Waals surface area contributed by atoms with Crippen molar-refractivity contribution in [3.63, 3.8) is 0 Å². The van der Waals surface area contributed by atoms with Gasteiger partial charge in [0.05, 0.1) is 13.2 Å². The first-order chi connectivity index (χ1) is 31.8. The molecule has 65 heavy (non-hydrogen) atoms. The fourth-order valence-corrected chi connectivity index (χ4v) is 7.95. The van der Waals surface area contributed by atoms with Crippen LogP contribution in [0.2, 0.25) is 0 Å². The fraction of sp³-hybridized carbons (Fsp3) is 0.745. The number of unbranched alkanes of at least 4 members (excludes halogenated alkanes) is 24. The van der Waals surface area contributed by atoms with Crippen molar-refractivity contribution in [3.8, 4) is 0 Å². The van der Waals surface area contributed by atoms with Crippen molar-refractivity contribution in [3.05, 3.63) is 72.9 Å². The minimum Gasteiger partial charge on any atom is -0.462 e. The van der Waals surface area contributed by atoms with Crippen molar-refractivity contribution < 1.29 is 37.6 Å². The van der Waals surface area contributed by atoms with E-state index in [9.17, 15) is 19.0 Å². The van der Waals surface area contributed by atoms with E-state index in [1.165, 1.54) is 109 Å². The van der Waals surface area contributed by atoms with E-state index in [1.54, 1.807) is 0 Å². The largest absolute Gasteiger partial charge is 0.472 e. The molecule has 0 aromatic heterocycles. The molecule has 0 amide bonds. The van der Waals surface area contributed by atoms with Gasteiger partial charge in [-0.15, -0.1) is 0 Å². The highest BCUT2D eigenvalue weighted by atomic mass is 31.2. The van der Waals surface area contributed by atoms with Gasteiger partial charge in [0.25, 0.3) is 0 Å². The van der Waals surface area contributed by atoms with Crippen LogP contribution in [0, 0.1) is 0 Å². The zero-order valence-corrected chi connectivity index (χ0v) is 42.6. The molecule has 10 heteroatoms. The third-order valence-corrected chi connectivity index (χ3v) is 12.1. The zero-order chi connectivity index (χ0) is 47.4. The van der Waals surface area contributed by atoms with Crippen LogP contribution >= 0.6 is 7.82 Å². The summed E-state index contributed by atoms with van der Waals surface area (Å²) in [6.07, 6.45) is 63.8. The first-order valence-electron chi connectivity index (χ1n) is 26.4. The van der Waals surface area contributed by atoms with E-state index >= 15 is 0 Å². The van der Waals surface area contributed by atoms with E-state index in [4.69, 9.17) is 24.3 Å². The Hall–Kier alpha value is -2.55. The molecule has 0 spiro atoms. The standard InChI is InChI=1S/C55H98NO8P/c1-3-5-7-9-11-13-15-17-19-20-21-22-23-24-25-26-27-28-29-30-31-32-34-36-38-40-42-44-46-48-55(58)64-53(52-63-65(59,60)62-50-49-56)51-61-54(57)47-45-43-41-39-37-35-33-18-16-14-12-10-8-6-4-2/h5,7,11-14,17-19,21-22,33,53H,3-4,6,8-10,15-16,20,23-32,34-52,56H2,1-2H3,(H,59,60)/b7-5-,13-11-,14-12-,19-17-,22-21-,33-18-. The van der Waals surface area contributed by atoms with Crippen LogP contribution in [-0.4, -0.2) is 49.3 Å². The lowest BCUT2D eigenvalue weighted by Gasteiger charge is -2.19. The normalized spacial score (nSPS) is 13.7. The van der Waals surface area contributed by atoms with E-state index < -0.39 is 32.5 Å². The van der Waals surface area contributed by atoms with Crippen LogP contribution in [0.25, 0.3) is 0 Å². The van der Waals surface area contributed by atoms with Gasteiger partial charge in [-0.25, -0.2) is 4.57 Å². The molecule has 9 nitrogen and oxygen atoms in total. The van der Waals surface area contributed by atoms with E-state index in [1.807, 2.05) is 0 Å². The lowest BCUT2D eigenvalue weighted by atomic mass is 10.0. The smallest absolute Gasteiger partial charge is 0.462 e. The van der Waals surface area contributed by atoms with Gasteiger partial charge in [-0.2, -0.15) is 0 Å². The number of hydrogen-bond acceptors (Lipinski definition) is 8. The Morgan fingerprint density at radius 2 is 0.846 bits per heavy atom. The molecule has 0 aromatic carbocycles. The number of nitrogens with two attached hydrogens (primary N) is 1. The summed E-state index contributed by atoms with van der Waals surface area (Å²) in [5, 5.41) is 0. The number of carbonyl (C=O) groups is 2. The lowest BCUT2D eigenvalue weighted by Crippen LogP contribution is -2.29. The Kier molecular flexibility index (Phi) is 48.9. The van der Waals surface area contributed by atoms with Gasteiger partial charge in [0.1, 0.15) is 6.61 Å². The molecule has 0 saturated heterocycles. The average molecular weight is 932 g/mol. The van der Waals surface area contributed by atoms with E-state index in [2.05, 4.69) is 86.8 Å². The number of allylic oxidation sites excluding steroid dienone is 12. The summed E-state index contributed by atoms with van der Waals surface area (Å²) in [7, 11) is -4.39. The third kappa shape index (κ3) is 50.7. The Bertz CT molecular complexity index is 1290. The summed E-state index contributed by atoms with van der Waals surface area (Å²) in [5.41, 5.74) is 5.37. The van der Waals surface area contributed by atoms with Crippen molar-refractivity contribution in [2.75, 3.05) is 26.4 Å². The molecule has 0 rings (SSSR count). The Morgan fingerprint density at radius 3 is 1.26 bits per heavy atom. The van der Waals surface area contributed by atoms with Gasteiger partial charge < -0.3 is 20.1 Å². The van der Waals surface area contributed by atoms with Crippen molar-refractivity contribution in [1.29, 1.82) is 0 Å². The van der Waals surface area contributed by atoms with Gasteiger partial charge in [0.15, 0.2) is 6.10 Å². The molecule has 0 saturated carbocycles. The van der Waals surface area contributed by atoms with E-state index in [-0.39, 0.29) is 32.6 Å². The molecule has 0 aliphatic heterocycles. The summed E-state index contributed by atoms with van der Waals surface area (Å²) in [6, 6.07) is 0. The predicted molar refractivity (Wildman–Crippen MR) is 275 cm³/mol. The summed E-state index contributed by atoms with van der Waals surface area (Å²) in [5.74, 6) is -0.842. The molecule has 2 unspecified atom stereocenters. The van der Waals surface area contributed by atoms with Crippen LogP contribution in [0.15, 0.2) is 72.9 Å². The second kappa shape index (κ2) is 50.9. The van der Waals surface area contributed by atoms with E-state index in [0.29, 0.717) is 12.8 Å². The molecule has 0 heterocycles. The average Bonchev–Trinajstić information content (AvgIpc) is 3.30. The van der Waals surface area contributed by atoms with Gasteiger partial charge >= 0.3 is 19.8 Å². The van der Waals surface area contributed by atoms with Crippen molar-refractivity contribution >= 4 is 19.8 Å². The molecule has 0 fully saturated rings. The Morgan fingerprint density at radius 1 is 0.477 bits per heavy atom. The summed E-state index contributed by atoms with van der Waals surface area (Å²) < 4.78 is 32.9. The van der Waals surface area contributed by atoms with Gasteiger partial charge in [-0.05, 0) is 83.5 Å². The monoisotopic (exact) mass is 932 g/mol. The number of esters is 2. The molecule has 3 N–H and O–H groups in total. The molecular formula is C55H98NO8P. The van der Waals surface area contributed by atoms with Gasteiger partial charge in [0.2, 0.25) is 0 Å². The third-order valence-electron chi connectivity index (χ3n) is 11.1. The highest BCUT2D eigenvalue weighted by Gasteiger charge is 2.26. The maximum atomic E-state index is 12.7. The minimum absolute atomic E-state index is 0.0496. The van der Waals surface area contributed by atoms with Crippen LogP contribution in [0.1, 0.15) is 232 Å². The topological polar surface area (TPSA) is 134 Å². The van der Waals surface area contributed by atoms with Crippen LogP contribution in [-0.2, 0) is 32.7 Å². The minimum atomic E-state index is -4.39. The maximum absolute atomic E-state index is 12.7. The number of phosphoric ester groups is 1. The van der Waals surface area contributed by atoms with Crippen LogP contribution in [0.5, 0.6) is 0 Å². The maximum Gasteiger partial charge on any atom is 0.472 e. The first-order valence-corrected chi connectivity index (χ1v) is 27.9. The zero-order valence-electron chi connectivity index (χ0n) is 41.7. The van der Waals surface area contributed by atoms with Crippen LogP contribution < -0.4 is 5.73 Å². The number of hydrogen-bond donors (Lipinski definition) is 2. The second-order valence-electron chi connectivity index (χ2n) is 17.4. The number of rotatable bonds is 49. The Balaban J connectivity index is 3.97. The van der Waals surface area contributed by atoms with Crippen LogP contribution in [0.3, 0.4) is 0 Å². The molecule has 2 atom stereocenters. The number of carbonyl (C=O) groups excluding carboxylic acids is 2. The highest BCUT2D eigenvalue weighted by Crippen LogP contribution is 2.43. The summed E-state index contributed by atoms with van der Waals surface area (Å²) >= 11 is 0. The van der Waals surface area contributed by atoms with Crippen LogP contribution in [0.4, 0.5) is 0 Å². The predicted octanol–water partition coefficient (Wildman–Crippen LogP) is 16.2. The van der Waals surface area contributed by atoms with Gasteiger partial charge in [-0.1, -0.05) is 209 Å². The first kappa shape index (κ1) is 62.4. The van der Waals surface area contributed by atoms with Crippen molar-refractivity contribution in [1.82, 2.24) is 0 Å². The quantitative estimate of drug-likeness (QED) is 0.0265. The molecule has 0 radical (unpaired) electrons. The molecule has 0 aliphatic rings. The van der Waals surface area contributed by atoms with Crippen molar-refractivity contribution in [2.45, 2.75) is 238 Å². The van der Waals surface area contributed by atoms with Gasteiger partial charge in [-0.3, -0.25) is 18.6 Å². The fourth-order valence-electron chi connectivity index (χ4n) is 7.19. The summed E-state index contributed by atoms with van der Waals surface area (Å²) in [6.45, 7) is 3.59. The molecule has 0 bridgehead atoms. The molecular weight excluding hydrogens is 834 g/mol. The SMILES string of the molecule is CC/C=C\C/C=C\C/C=C\C/C=C\CCCCCCCCCCCCCCCCCCC(=O)OC(COC(=O)CCCCCCC/C=C\C/C=C\CCCCC)COP(=O)(O)OCCN. The molecule has 0 aliphatic carbocycles. The second-order valence-corrected chi connectivity index (χ2v) is 18.8. The number of phosphoric acid groups is 1. The Labute approximate surface area is 399 Å². The molecule has 0 aromatic rings. The van der Waals surface area contributed by atoms with Gasteiger partial charge in [0, 0.05) is 19.4 Å².